The normalized spacial score (nSPS) is 16.0. The molecule has 1 aliphatic rings. The number of amides is 1. The van der Waals surface area contributed by atoms with Crippen molar-refractivity contribution in [3.63, 3.8) is 0 Å². The summed E-state index contributed by atoms with van der Waals surface area (Å²) in [6.07, 6.45) is -0.195. The lowest BCUT2D eigenvalue weighted by molar-refractivity contribution is 0.0668. The molecule has 0 fully saturated rings. The fourth-order valence-electron chi connectivity index (χ4n) is 3.31. The minimum Gasteiger partial charge on any atom is -0.496 e. The van der Waals surface area contributed by atoms with Crippen molar-refractivity contribution >= 4 is 45.5 Å². The second-order valence-electron chi connectivity index (χ2n) is 6.28. The summed E-state index contributed by atoms with van der Waals surface area (Å²) in [5.41, 5.74) is 2.58. The van der Waals surface area contributed by atoms with Gasteiger partial charge in [-0.05, 0) is 30.3 Å². The fourth-order valence-corrected chi connectivity index (χ4v) is 4.96. The molecule has 2 heterocycles. The second kappa shape index (κ2) is 7.90. The SMILES string of the molecule is COc1ccccc1CN1C(=O)c2ccccc2NC1c1ccc(CI)s1. The second-order valence-corrected chi connectivity index (χ2v) is 8.24. The zero-order valence-corrected chi connectivity index (χ0v) is 17.8. The first-order chi connectivity index (χ1) is 13.2. The number of ether oxygens (including phenoxy) is 1. The molecule has 6 heteroatoms. The van der Waals surface area contributed by atoms with Crippen LogP contribution in [0.1, 0.15) is 31.8 Å². The van der Waals surface area contributed by atoms with Gasteiger partial charge in [0, 0.05) is 25.4 Å². The first kappa shape index (κ1) is 18.3. The number of para-hydroxylation sites is 2. The van der Waals surface area contributed by atoms with Crippen LogP contribution in [0.2, 0.25) is 0 Å². The first-order valence-electron chi connectivity index (χ1n) is 8.64. The Kier molecular flexibility index (Phi) is 5.36. The van der Waals surface area contributed by atoms with Gasteiger partial charge >= 0.3 is 0 Å². The Morgan fingerprint density at radius 3 is 2.67 bits per heavy atom. The highest BCUT2D eigenvalue weighted by Gasteiger charge is 2.34. The van der Waals surface area contributed by atoms with Crippen molar-refractivity contribution in [1.29, 1.82) is 0 Å². The van der Waals surface area contributed by atoms with Crippen molar-refractivity contribution in [2.45, 2.75) is 17.1 Å². The third-order valence-electron chi connectivity index (χ3n) is 4.64. The van der Waals surface area contributed by atoms with E-state index >= 15 is 0 Å². The van der Waals surface area contributed by atoms with E-state index in [-0.39, 0.29) is 12.1 Å². The maximum absolute atomic E-state index is 13.3. The molecule has 4 nitrogen and oxygen atoms in total. The number of alkyl halides is 1. The average molecular weight is 490 g/mol. The van der Waals surface area contributed by atoms with Gasteiger partial charge in [0.1, 0.15) is 11.9 Å². The molecule has 1 aliphatic heterocycles. The van der Waals surface area contributed by atoms with E-state index < -0.39 is 0 Å². The van der Waals surface area contributed by atoms with E-state index in [4.69, 9.17) is 4.74 Å². The minimum absolute atomic E-state index is 0.0321. The number of nitrogens with zero attached hydrogens (tertiary/aromatic N) is 1. The molecule has 0 radical (unpaired) electrons. The lowest BCUT2D eigenvalue weighted by Crippen LogP contribution is -2.42. The predicted molar refractivity (Wildman–Crippen MR) is 118 cm³/mol. The van der Waals surface area contributed by atoms with Gasteiger partial charge in [-0.1, -0.05) is 52.9 Å². The summed E-state index contributed by atoms with van der Waals surface area (Å²) < 4.78 is 6.46. The molecule has 4 rings (SSSR count). The Labute approximate surface area is 176 Å². The number of hydrogen-bond acceptors (Lipinski definition) is 4. The van der Waals surface area contributed by atoms with Crippen molar-refractivity contribution in [2.24, 2.45) is 0 Å². The summed E-state index contributed by atoms with van der Waals surface area (Å²) >= 11 is 4.11. The van der Waals surface area contributed by atoms with Crippen LogP contribution in [-0.2, 0) is 11.0 Å². The largest absolute Gasteiger partial charge is 0.496 e. The molecule has 2 aromatic carbocycles. The third-order valence-corrected chi connectivity index (χ3v) is 7.12. The van der Waals surface area contributed by atoms with E-state index in [1.54, 1.807) is 18.4 Å². The predicted octanol–water partition coefficient (Wildman–Crippen LogP) is 5.46. The molecule has 1 unspecified atom stereocenters. The topological polar surface area (TPSA) is 41.6 Å². The minimum atomic E-state index is -0.195. The fraction of sp³-hybridized carbons (Fsp3) is 0.190. The number of thiophene rings is 1. The van der Waals surface area contributed by atoms with Gasteiger partial charge < -0.3 is 15.0 Å². The van der Waals surface area contributed by atoms with Gasteiger partial charge in [-0.25, -0.2) is 0 Å². The molecular formula is C21H19IN2O2S. The van der Waals surface area contributed by atoms with Gasteiger partial charge in [0.25, 0.3) is 5.91 Å². The van der Waals surface area contributed by atoms with Crippen molar-refractivity contribution in [3.8, 4) is 5.75 Å². The van der Waals surface area contributed by atoms with E-state index in [0.717, 1.165) is 26.3 Å². The summed E-state index contributed by atoms with van der Waals surface area (Å²) in [6.45, 7) is 0.478. The Morgan fingerprint density at radius 1 is 1.11 bits per heavy atom. The lowest BCUT2D eigenvalue weighted by atomic mass is 10.1. The maximum Gasteiger partial charge on any atom is 0.258 e. The first-order valence-corrected chi connectivity index (χ1v) is 11.0. The molecule has 0 spiro atoms. The van der Waals surface area contributed by atoms with Crippen molar-refractivity contribution in [3.05, 3.63) is 81.5 Å². The zero-order chi connectivity index (χ0) is 18.8. The van der Waals surface area contributed by atoms with Crippen LogP contribution in [-0.4, -0.2) is 17.9 Å². The molecule has 0 saturated carbocycles. The zero-order valence-electron chi connectivity index (χ0n) is 14.8. The summed E-state index contributed by atoms with van der Waals surface area (Å²) in [5.74, 6) is 0.826. The van der Waals surface area contributed by atoms with Crippen LogP contribution in [0.25, 0.3) is 0 Å². The third kappa shape index (κ3) is 3.55. The highest BCUT2D eigenvalue weighted by molar-refractivity contribution is 14.1. The molecule has 3 aromatic rings. The number of fused-ring (bicyclic) bond motifs is 1. The molecule has 0 saturated heterocycles. The van der Waals surface area contributed by atoms with Gasteiger partial charge in [-0.2, -0.15) is 0 Å². The molecule has 0 aliphatic carbocycles. The Balaban J connectivity index is 1.75. The van der Waals surface area contributed by atoms with Crippen LogP contribution in [0.4, 0.5) is 5.69 Å². The van der Waals surface area contributed by atoms with Gasteiger partial charge in [0.2, 0.25) is 0 Å². The van der Waals surface area contributed by atoms with Crippen LogP contribution in [0, 0.1) is 0 Å². The maximum atomic E-state index is 13.3. The molecule has 27 heavy (non-hydrogen) atoms. The number of rotatable bonds is 5. The van der Waals surface area contributed by atoms with Crippen LogP contribution >= 0.6 is 33.9 Å². The number of carbonyl (C=O) groups is 1. The smallest absolute Gasteiger partial charge is 0.258 e. The van der Waals surface area contributed by atoms with E-state index in [0.29, 0.717) is 12.1 Å². The molecule has 1 amide bonds. The van der Waals surface area contributed by atoms with Crippen molar-refractivity contribution in [2.75, 3.05) is 12.4 Å². The van der Waals surface area contributed by atoms with E-state index in [1.165, 1.54) is 4.88 Å². The number of anilines is 1. The van der Waals surface area contributed by atoms with E-state index in [2.05, 4.69) is 40.0 Å². The standard InChI is InChI=1S/C21H19IN2O2S/c1-26-18-9-5-2-6-14(18)13-24-20(19-11-10-15(12-22)27-19)23-17-8-4-3-7-16(17)21(24)25/h2-11,20,23H,12-13H2,1H3. The number of benzene rings is 2. The van der Waals surface area contributed by atoms with Crippen molar-refractivity contribution in [1.82, 2.24) is 4.90 Å². The number of nitrogens with one attached hydrogen (secondary N) is 1. The van der Waals surface area contributed by atoms with Crippen molar-refractivity contribution < 1.29 is 9.53 Å². The van der Waals surface area contributed by atoms with Crippen LogP contribution < -0.4 is 10.1 Å². The van der Waals surface area contributed by atoms with E-state index in [1.807, 2.05) is 53.4 Å². The van der Waals surface area contributed by atoms with Gasteiger partial charge in [0.15, 0.2) is 0 Å². The Bertz CT molecular complexity index is 972. The highest BCUT2D eigenvalue weighted by Crippen LogP contribution is 2.38. The molecule has 0 bridgehead atoms. The van der Waals surface area contributed by atoms with Crippen LogP contribution in [0.3, 0.4) is 0 Å². The molecule has 1 N–H and O–H groups in total. The highest BCUT2D eigenvalue weighted by atomic mass is 127. The quantitative estimate of drug-likeness (QED) is 0.382. The molecule has 1 aromatic heterocycles. The lowest BCUT2D eigenvalue weighted by Gasteiger charge is -2.37. The van der Waals surface area contributed by atoms with Gasteiger partial charge in [0.05, 0.1) is 19.2 Å². The molecular weight excluding hydrogens is 471 g/mol. The summed E-state index contributed by atoms with van der Waals surface area (Å²) in [5, 5.41) is 3.56. The average Bonchev–Trinajstić information content (AvgIpc) is 3.19. The molecule has 138 valence electrons. The Hall–Kier alpha value is -2.06. The summed E-state index contributed by atoms with van der Waals surface area (Å²) in [7, 11) is 1.66. The monoisotopic (exact) mass is 490 g/mol. The van der Waals surface area contributed by atoms with Crippen LogP contribution in [0.5, 0.6) is 5.75 Å². The number of methoxy groups -OCH3 is 1. The number of carbonyl (C=O) groups excluding carboxylic acids is 1. The number of halogens is 1. The summed E-state index contributed by atoms with van der Waals surface area (Å²) in [4.78, 5) is 17.7. The van der Waals surface area contributed by atoms with E-state index in [9.17, 15) is 4.79 Å². The molecule has 1 atom stereocenters. The van der Waals surface area contributed by atoms with Crippen LogP contribution in [0.15, 0.2) is 60.7 Å². The van der Waals surface area contributed by atoms with Gasteiger partial charge in [-0.15, -0.1) is 11.3 Å². The number of hydrogen-bond donors (Lipinski definition) is 1. The Morgan fingerprint density at radius 2 is 1.89 bits per heavy atom. The van der Waals surface area contributed by atoms with Gasteiger partial charge in [-0.3, -0.25) is 4.79 Å². The summed E-state index contributed by atoms with van der Waals surface area (Å²) in [6, 6.07) is 19.8.